The predicted octanol–water partition coefficient (Wildman–Crippen LogP) is 3.39. The molecule has 0 aliphatic carbocycles. The van der Waals surface area contributed by atoms with Crippen molar-refractivity contribution in [3.8, 4) is 0 Å². The fourth-order valence-electron chi connectivity index (χ4n) is 1.39. The summed E-state index contributed by atoms with van der Waals surface area (Å²) >= 11 is 0. The molecule has 1 atom stereocenters. The van der Waals surface area contributed by atoms with E-state index in [4.69, 9.17) is 0 Å². The molecule has 0 radical (unpaired) electrons. The maximum atomic E-state index is 4.20. The molecule has 3 nitrogen and oxygen atoms in total. The number of nitrogens with zero attached hydrogens (tertiary/aromatic N) is 1. The van der Waals surface area contributed by atoms with Crippen LogP contribution in [0, 0.1) is 5.41 Å². The number of hydrogen-bond donors (Lipinski definition) is 2. The molecule has 17 heavy (non-hydrogen) atoms. The molecule has 0 saturated carbocycles. The topological polar surface area (TPSA) is 36.4 Å². The summed E-state index contributed by atoms with van der Waals surface area (Å²) in [5.74, 6) is 0.920. The molecule has 104 valence electrons. The van der Waals surface area contributed by atoms with E-state index in [-0.39, 0.29) is 24.0 Å². The first-order valence-corrected chi connectivity index (χ1v) is 6.36. The molecule has 0 amide bonds. The van der Waals surface area contributed by atoms with Crippen LogP contribution in [0.2, 0.25) is 0 Å². The lowest BCUT2D eigenvalue weighted by Crippen LogP contribution is -2.42. The average molecular weight is 355 g/mol. The maximum absolute atomic E-state index is 4.20. The molecule has 0 spiro atoms. The van der Waals surface area contributed by atoms with Crippen molar-refractivity contribution in [2.45, 2.75) is 59.9 Å². The van der Waals surface area contributed by atoms with Crippen LogP contribution in [0.1, 0.15) is 53.9 Å². The standard InChI is InChI=1S/C13H29N3.HI/c1-7-10-15-12(14-6)16-11(2)8-9-13(3,4)5;/h11H,7-10H2,1-6H3,(H2,14,15,16);1H. The highest BCUT2D eigenvalue weighted by molar-refractivity contribution is 14.0. The van der Waals surface area contributed by atoms with Crippen LogP contribution in [0.5, 0.6) is 0 Å². The van der Waals surface area contributed by atoms with Crippen molar-refractivity contribution in [1.29, 1.82) is 0 Å². The van der Waals surface area contributed by atoms with E-state index < -0.39 is 0 Å². The number of rotatable bonds is 5. The molecule has 0 fully saturated rings. The Morgan fingerprint density at radius 2 is 1.88 bits per heavy atom. The van der Waals surface area contributed by atoms with Gasteiger partial charge in [-0.2, -0.15) is 0 Å². The largest absolute Gasteiger partial charge is 0.356 e. The van der Waals surface area contributed by atoms with E-state index in [0.717, 1.165) is 18.9 Å². The SMILES string of the molecule is CCCNC(=NC)NC(C)CCC(C)(C)C.I. The Bertz CT molecular complexity index is 209. The molecule has 0 heterocycles. The van der Waals surface area contributed by atoms with E-state index in [1.54, 1.807) is 0 Å². The van der Waals surface area contributed by atoms with Gasteiger partial charge in [0.1, 0.15) is 0 Å². The summed E-state index contributed by atoms with van der Waals surface area (Å²) < 4.78 is 0. The van der Waals surface area contributed by atoms with Gasteiger partial charge in [0.05, 0.1) is 0 Å². The van der Waals surface area contributed by atoms with E-state index in [0.29, 0.717) is 11.5 Å². The molecule has 0 aliphatic rings. The number of guanidine groups is 1. The fourth-order valence-corrected chi connectivity index (χ4v) is 1.39. The Morgan fingerprint density at radius 1 is 1.29 bits per heavy atom. The number of aliphatic imine (C=N–C) groups is 1. The van der Waals surface area contributed by atoms with Gasteiger partial charge in [0.25, 0.3) is 0 Å². The van der Waals surface area contributed by atoms with Gasteiger partial charge in [0.15, 0.2) is 5.96 Å². The predicted molar refractivity (Wildman–Crippen MR) is 88.4 cm³/mol. The molecule has 0 aromatic heterocycles. The highest BCUT2D eigenvalue weighted by Gasteiger charge is 2.12. The molecule has 4 heteroatoms. The summed E-state index contributed by atoms with van der Waals surface area (Å²) in [4.78, 5) is 4.20. The average Bonchev–Trinajstić information content (AvgIpc) is 2.20. The first kappa shape index (κ1) is 19.3. The summed E-state index contributed by atoms with van der Waals surface area (Å²) in [7, 11) is 1.82. The van der Waals surface area contributed by atoms with Crippen molar-refractivity contribution in [1.82, 2.24) is 10.6 Å². The lowest BCUT2D eigenvalue weighted by molar-refractivity contribution is 0.346. The summed E-state index contributed by atoms with van der Waals surface area (Å²) in [5, 5.41) is 6.70. The molecule has 2 N–H and O–H groups in total. The van der Waals surface area contributed by atoms with Gasteiger partial charge in [-0.15, -0.1) is 24.0 Å². The molecule has 0 bridgehead atoms. The summed E-state index contributed by atoms with van der Waals surface area (Å²) in [6.45, 7) is 12.2. The quantitative estimate of drug-likeness (QED) is 0.451. The normalized spacial score (nSPS) is 13.9. The van der Waals surface area contributed by atoms with Crippen LogP contribution in [0.15, 0.2) is 4.99 Å². The van der Waals surface area contributed by atoms with Crippen LogP contribution < -0.4 is 10.6 Å². The Labute approximate surface area is 124 Å². The lowest BCUT2D eigenvalue weighted by Gasteiger charge is -2.23. The molecule has 0 aromatic rings. The minimum Gasteiger partial charge on any atom is -0.356 e. The maximum Gasteiger partial charge on any atom is 0.191 e. The van der Waals surface area contributed by atoms with Crippen LogP contribution in [0.4, 0.5) is 0 Å². The van der Waals surface area contributed by atoms with Crippen molar-refractivity contribution in [2.75, 3.05) is 13.6 Å². The second-order valence-electron chi connectivity index (χ2n) is 5.64. The van der Waals surface area contributed by atoms with E-state index >= 15 is 0 Å². The third-order valence-corrected chi connectivity index (χ3v) is 2.48. The Kier molecular flexibility index (Phi) is 11.3. The molecule has 1 unspecified atom stereocenters. The zero-order valence-electron chi connectivity index (χ0n) is 12.3. The highest BCUT2D eigenvalue weighted by Crippen LogP contribution is 2.21. The first-order chi connectivity index (χ1) is 7.39. The zero-order valence-corrected chi connectivity index (χ0v) is 14.6. The van der Waals surface area contributed by atoms with Crippen molar-refractivity contribution < 1.29 is 0 Å². The molecule has 0 aliphatic heterocycles. The first-order valence-electron chi connectivity index (χ1n) is 6.36. The van der Waals surface area contributed by atoms with Crippen LogP contribution in [0.3, 0.4) is 0 Å². The smallest absolute Gasteiger partial charge is 0.191 e. The highest BCUT2D eigenvalue weighted by atomic mass is 127. The van der Waals surface area contributed by atoms with Gasteiger partial charge in [-0.1, -0.05) is 27.7 Å². The van der Waals surface area contributed by atoms with Crippen molar-refractivity contribution in [3.05, 3.63) is 0 Å². The van der Waals surface area contributed by atoms with E-state index in [9.17, 15) is 0 Å². The number of halogens is 1. The minimum absolute atomic E-state index is 0. The van der Waals surface area contributed by atoms with Crippen LogP contribution in [-0.4, -0.2) is 25.6 Å². The van der Waals surface area contributed by atoms with E-state index in [2.05, 4.69) is 50.2 Å². The lowest BCUT2D eigenvalue weighted by atomic mass is 9.89. The van der Waals surface area contributed by atoms with Gasteiger partial charge in [0.2, 0.25) is 0 Å². The minimum atomic E-state index is 0. The van der Waals surface area contributed by atoms with Crippen molar-refractivity contribution >= 4 is 29.9 Å². The van der Waals surface area contributed by atoms with Crippen LogP contribution in [-0.2, 0) is 0 Å². The Morgan fingerprint density at radius 3 is 2.29 bits per heavy atom. The zero-order chi connectivity index (χ0) is 12.6. The van der Waals surface area contributed by atoms with E-state index in [1.807, 2.05) is 7.05 Å². The van der Waals surface area contributed by atoms with Crippen molar-refractivity contribution in [3.63, 3.8) is 0 Å². The Balaban J connectivity index is 0. The van der Waals surface area contributed by atoms with Gasteiger partial charge >= 0.3 is 0 Å². The van der Waals surface area contributed by atoms with Gasteiger partial charge in [-0.25, -0.2) is 0 Å². The summed E-state index contributed by atoms with van der Waals surface area (Å²) in [5.41, 5.74) is 0.413. The second-order valence-corrected chi connectivity index (χ2v) is 5.64. The molecular formula is C13H30IN3. The molecule has 0 rings (SSSR count). The van der Waals surface area contributed by atoms with Crippen LogP contribution >= 0.6 is 24.0 Å². The summed E-state index contributed by atoms with van der Waals surface area (Å²) in [6.07, 6.45) is 3.53. The third-order valence-electron chi connectivity index (χ3n) is 2.48. The van der Waals surface area contributed by atoms with Crippen molar-refractivity contribution in [2.24, 2.45) is 10.4 Å². The fraction of sp³-hybridized carbons (Fsp3) is 0.923. The van der Waals surface area contributed by atoms with Crippen LogP contribution in [0.25, 0.3) is 0 Å². The third kappa shape index (κ3) is 12.2. The number of hydrogen-bond acceptors (Lipinski definition) is 1. The van der Waals surface area contributed by atoms with E-state index in [1.165, 1.54) is 12.8 Å². The molecular weight excluding hydrogens is 325 g/mol. The van der Waals surface area contributed by atoms with Gasteiger partial charge in [-0.3, -0.25) is 4.99 Å². The second kappa shape index (κ2) is 9.97. The molecule has 0 saturated heterocycles. The van der Waals surface area contributed by atoms with Gasteiger partial charge in [0, 0.05) is 19.6 Å². The van der Waals surface area contributed by atoms with Gasteiger partial charge < -0.3 is 10.6 Å². The monoisotopic (exact) mass is 355 g/mol. The van der Waals surface area contributed by atoms with Gasteiger partial charge in [-0.05, 0) is 31.6 Å². The molecule has 0 aromatic carbocycles. The summed E-state index contributed by atoms with van der Waals surface area (Å²) in [6, 6.07) is 0.474. The number of nitrogens with one attached hydrogen (secondary N) is 2. The Hall–Kier alpha value is 0.